The van der Waals surface area contributed by atoms with Crippen molar-refractivity contribution in [2.24, 2.45) is 5.92 Å². The van der Waals surface area contributed by atoms with E-state index in [1.165, 1.54) is 0 Å². The molecule has 3 N–H and O–H groups in total. The van der Waals surface area contributed by atoms with Gasteiger partial charge in [0.1, 0.15) is 17.2 Å². The fourth-order valence-corrected chi connectivity index (χ4v) is 5.19. The summed E-state index contributed by atoms with van der Waals surface area (Å²) in [5, 5.41) is 15.8. The normalized spacial score (nSPS) is 13.7. The molecule has 0 saturated carbocycles. The van der Waals surface area contributed by atoms with Crippen LogP contribution >= 0.6 is 0 Å². The zero-order valence-corrected chi connectivity index (χ0v) is 26.6. The fraction of sp³-hybridized carbons (Fsp3) is 0.278. The molecule has 2 aromatic carbocycles. The first-order valence-electron chi connectivity index (χ1n) is 15.4. The number of nitrogens with zero attached hydrogens (tertiary/aromatic N) is 4. The standard InChI is InChI=1S/C36H38N6O5/c1-36(2,3)47-35(46)42-16-12-25(13-17-42)26-10-7-11-27(19-26)30-21-29(22-31(40-30)41-32-23-37-14-15-38-32)39-33(43)20-28(34(44)45)18-24-8-5-4-6-9-24/h4-12,14-15,19,21-23,28H,13,16-18,20H2,1-3H3,(H,44,45)(H2,38,39,40,41,43). The summed E-state index contributed by atoms with van der Waals surface area (Å²) in [5.74, 6) is -1.45. The minimum Gasteiger partial charge on any atom is -0.481 e. The lowest BCUT2D eigenvalue weighted by atomic mass is 9.96. The summed E-state index contributed by atoms with van der Waals surface area (Å²) in [7, 11) is 0. The van der Waals surface area contributed by atoms with Gasteiger partial charge in [0, 0.05) is 49.2 Å². The molecule has 11 nitrogen and oxygen atoms in total. The summed E-state index contributed by atoms with van der Waals surface area (Å²) in [6.07, 6.45) is 7.09. The molecule has 1 aliphatic rings. The van der Waals surface area contributed by atoms with Gasteiger partial charge < -0.3 is 25.4 Å². The van der Waals surface area contributed by atoms with E-state index in [1.807, 2.05) is 81.4 Å². The smallest absolute Gasteiger partial charge is 0.410 e. The van der Waals surface area contributed by atoms with Gasteiger partial charge in [-0.05, 0) is 62.4 Å². The molecule has 0 fully saturated rings. The molecule has 0 saturated heterocycles. The Morgan fingerprint density at radius 1 is 0.979 bits per heavy atom. The number of carbonyl (C=O) groups is 3. The highest BCUT2D eigenvalue weighted by molar-refractivity contribution is 5.94. The van der Waals surface area contributed by atoms with Crippen LogP contribution in [0.5, 0.6) is 0 Å². The van der Waals surface area contributed by atoms with Gasteiger partial charge >= 0.3 is 12.1 Å². The summed E-state index contributed by atoms with van der Waals surface area (Å²) in [6.45, 7) is 6.54. The van der Waals surface area contributed by atoms with E-state index in [4.69, 9.17) is 9.72 Å². The summed E-state index contributed by atoms with van der Waals surface area (Å²) in [4.78, 5) is 52.6. The summed E-state index contributed by atoms with van der Waals surface area (Å²) in [5.41, 5.74) is 4.23. The van der Waals surface area contributed by atoms with Gasteiger partial charge in [0.05, 0.1) is 17.8 Å². The number of anilines is 3. The number of rotatable bonds is 10. The molecule has 11 heteroatoms. The van der Waals surface area contributed by atoms with E-state index in [-0.39, 0.29) is 18.9 Å². The van der Waals surface area contributed by atoms with Crippen LogP contribution in [-0.2, 0) is 20.7 Å². The van der Waals surface area contributed by atoms with Crippen molar-refractivity contribution in [1.29, 1.82) is 0 Å². The molecule has 242 valence electrons. The van der Waals surface area contributed by atoms with Crippen LogP contribution in [0.3, 0.4) is 0 Å². The SMILES string of the molecule is CC(C)(C)OC(=O)N1CC=C(c2cccc(-c3cc(NC(=O)CC(Cc4ccccc4)C(=O)O)cc(Nc4cnccn4)n3)c2)CC1. The van der Waals surface area contributed by atoms with Gasteiger partial charge in [-0.1, -0.05) is 54.6 Å². The predicted octanol–water partition coefficient (Wildman–Crippen LogP) is 6.58. The van der Waals surface area contributed by atoms with Crippen LogP contribution in [0, 0.1) is 5.92 Å². The van der Waals surface area contributed by atoms with Crippen LogP contribution in [0.15, 0.2) is 91.4 Å². The van der Waals surface area contributed by atoms with Gasteiger partial charge in [-0.25, -0.2) is 14.8 Å². The highest BCUT2D eigenvalue weighted by Gasteiger charge is 2.25. The van der Waals surface area contributed by atoms with Gasteiger partial charge in [0.15, 0.2) is 0 Å². The topological polar surface area (TPSA) is 147 Å². The van der Waals surface area contributed by atoms with Crippen molar-refractivity contribution < 1.29 is 24.2 Å². The highest BCUT2D eigenvalue weighted by atomic mass is 16.6. The number of aliphatic carboxylic acids is 1. The molecule has 1 unspecified atom stereocenters. The molecule has 4 aromatic rings. The Morgan fingerprint density at radius 2 is 1.77 bits per heavy atom. The second kappa shape index (κ2) is 14.7. The van der Waals surface area contributed by atoms with Gasteiger partial charge in [0.25, 0.3) is 0 Å². The lowest BCUT2D eigenvalue weighted by Crippen LogP contribution is -2.39. The van der Waals surface area contributed by atoms with Crippen molar-refractivity contribution in [2.75, 3.05) is 23.7 Å². The molecule has 1 atom stereocenters. The quantitative estimate of drug-likeness (QED) is 0.176. The number of aromatic nitrogens is 3. The van der Waals surface area contributed by atoms with Crippen molar-refractivity contribution in [3.63, 3.8) is 0 Å². The number of ether oxygens (including phenoxy) is 1. The molecule has 3 heterocycles. The Kier molecular flexibility index (Phi) is 10.2. The third-order valence-corrected chi connectivity index (χ3v) is 7.42. The van der Waals surface area contributed by atoms with E-state index in [0.717, 1.165) is 22.3 Å². The van der Waals surface area contributed by atoms with Gasteiger partial charge in [-0.3, -0.25) is 14.6 Å². The summed E-state index contributed by atoms with van der Waals surface area (Å²) >= 11 is 0. The number of carboxylic acid groups (broad SMARTS) is 1. The number of nitrogens with one attached hydrogen (secondary N) is 2. The molecule has 0 spiro atoms. The Bertz CT molecular complexity index is 1750. The Balaban J connectivity index is 1.37. The van der Waals surface area contributed by atoms with E-state index in [9.17, 15) is 19.5 Å². The summed E-state index contributed by atoms with van der Waals surface area (Å²) < 4.78 is 5.52. The molecule has 2 amide bonds. The molecule has 0 bridgehead atoms. The second-order valence-electron chi connectivity index (χ2n) is 12.3. The molecule has 0 aliphatic carbocycles. The molecular formula is C36H38N6O5. The van der Waals surface area contributed by atoms with Gasteiger partial charge in [-0.15, -0.1) is 0 Å². The van der Waals surface area contributed by atoms with E-state index < -0.39 is 23.4 Å². The number of carbonyl (C=O) groups excluding carboxylic acids is 2. The number of carboxylic acids is 1. The van der Waals surface area contributed by atoms with Crippen molar-refractivity contribution in [3.05, 3.63) is 103 Å². The number of pyridine rings is 1. The van der Waals surface area contributed by atoms with Crippen LogP contribution in [0.25, 0.3) is 16.8 Å². The summed E-state index contributed by atoms with van der Waals surface area (Å²) in [6, 6.07) is 20.6. The third kappa shape index (κ3) is 9.46. The van der Waals surface area contributed by atoms with Crippen molar-refractivity contribution >= 4 is 40.9 Å². The molecule has 5 rings (SSSR count). The van der Waals surface area contributed by atoms with Gasteiger partial charge in [0.2, 0.25) is 5.91 Å². The molecule has 47 heavy (non-hydrogen) atoms. The first-order chi connectivity index (χ1) is 22.5. The maximum atomic E-state index is 13.2. The van der Waals surface area contributed by atoms with Crippen LogP contribution < -0.4 is 10.6 Å². The minimum absolute atomic E-state index is 0.196. The molecule has 1 aliphatic heterocycles. The molecule has 2 aromatic heterocycles. The number of hydrogen-bond acceptors (Lipinski definition) is 8. The molecule has 0 radical (unpaired) electrons. The maximum Gasteiger partial charge on any atom is 0.410 e. The highest BCUT2D eigenvalue weighted by Crippen LogP contribution is 2.30. The van der Waals surface area contributed by atoms with E-state index in [2.05, 4.69) is 20.6 Å². The Morgan fingerprint density at radius 3 is 2.45 bits per heavy atom. The van der Waals surface area contributed by atoms with E-state index in [1.54, 1.807) is 35.6 Å². The van der Waals surface area contributed by atoms with E-state index in [0.29, 0.717) is 42.5 Å². The zero-order valence-electron chi connectivity index (χ0n) is 26.6. The van der Waals surface area contributed by atoms with Crippen molar-refractivity contribution in [2.45, 2.75) is 45.6 Å². The third-order valence-electron chi connectivity index (χ3n) is 7.42. The lowest BCUT2D eigenvalue weighted by Gasteiger charge is -2.29. The van der Waals surface area contributed by atoms with Crippen molar-refractivity contribution in [1.82, 2.24) is 19.9 Å². The van der Waals surface area contributed by atoms with Crippen LogP contribution in [0.4, 0.5) is 22.1 Å². The lowest BCUT2D eigenvalue weighted by molar-refractivity contribution is -0.143. The average Bonchev–Trinajstić information content (AvgIpc) is 3.04. The first kappa shape index (κ1) is 32.8. The molecular weight excluding hydrogens is 596 g/mol. The number of benzene rings is 2. The monoisotopic (exact) mass is 634 g/mol. The maximum absolute atomic E-state index is 13.2. The van der Waals surface area contributed by atoms with Crippen LogP contribution in [0.1, 0.15) is 44.7 Å². The van der Waals surface area contributed by atoms with Crippen LogP contribution in [0.2, 0.25) is 0 Å². The first-order valence-corrected chi connectivity index (χ1v) is 15.4. The second-order valence-corrected chi connectivity index (χ2v) is 12.3. The van der Waals surface area contributed by atoms with Crippen LogP contribution in [-0.4, -0.2) is 61.6 Å². The van der Waals surface area contributed by atoms with Gasteiger partial charge in [-0.2, -0.15) is 0 Å². The predicted molar refractivity (Wildman–Crippen MR) is 180 cm³/mol. The van der Waals surface area contributed by atoms with Crippen molar-refractivity contribution in [3.8, 4) is 11.3 Å². The van der Waals surface area contributed by atoms with E-state index >= 15 is 0 Å². The fourth-order valence-electron chi connectivity index (χ4n) is 5.19. The Labute approximate surface area is 273 Å². The number of amides is 2. The number of hydrogen-bond donors (Lipinski definition) is 3. The zero-order chi connectivity index (χ0) is 33.4. The largest absolute Gasteiger partial charge is 0.481 e. The Hall–Kier alpha value is -5.58. The average molecular weight is 635 g/mol. The minimum atomic E-state index is -1.03.